The fourth-order valence-corrected chi connectivity index (χ4v) is 0.541. The Kier molecular flexibility index (Phi) is 1.05. The predicted molar refractivity (Wildman–Crippen MR) is 20.5 cm³/mol. The molecule has 1 rings (SSSR count). The first-order valence-electron chi connectivity index (χ1n) is 2.28. The highest BCUT2D eigenvalue weighted by atomic mass is 19.3. The third-order valence-electron chi connectivity index (χ3n) is 1.35. The summed E-state index contributed by atoms with van der Waals surface area (Å²) in [6.45, 7) is 0. The van der Waals surface area contributed by atoms with Gasteiger partial charge in [-0.2, -0.15) is 0 Å². The first-order valence-corrected chi connectivity index (χ1v) is 2.28. The van der Waals surface area contributed by atoms with E-state index in [-0.39, 0.29) is 0 Å². The number of hydrogen-bond acceptors (Lipinski definition) is 1. The van der Waals surface area contributed by atoms with E-state index >= 15 is 0 Å². The molecule has 54 valence electrons. The van der Waals surface area contributed by atoms with Crippen LogP contribution in [0.4, 0.5) is 17.6 Å². The minimum absolute atomic E-state index is 1.11. The lowest BCUT2D eigenvalue weighted by Crippen LogP contribution is -2.24. The molecule has 9 heavy (non-hydrogen) atoms. The number of hydrogen-bond donors (Lipinski definition) is 1. The second-order valence-corrected chi connectivity index (χ2v) is 2.10. The van der Waals surface area contributed by atoms with Crippen LogP contribution in [0.1, 0.15) is 6.42 Å². The van der Waals surface area contributed by atoms with Crippen molar-refractivity contribution in [1.29, 1.82) is 0 Å². The third kappa shape index (κ3) is 0.710. The van der Waals surface area contributed by atoms with E-state index in [0.29, 0.717) is 0 Å². The second-order valence-electron chi connectivity index (χ2n) is 2.10. The highest BCUT2D eigenvalue weighted by molar-refractivity contribution is 5.13. The minimum Gasteiger partial charge on any atom is -0.359 e. The van der Waals surface area contributed by atoms with Crippen LogP contribution in [0.5, 0.6) is 0 Å². The van der Waals surface area contributed by atoms with E-state index in [2.05, 4.69) is 0 Å². The molecule has 0 spiro atoms. The van der Waals surface area contributed by atoms with Gasteiger partial charge in [0.25, 0.3) is 12.3 Å². The average Bonchev–Trinajstić information content (AvgIpc) is 2.08. The Morgan fingerprint density at radius 1 is 1.33 bits per heavy atom. The standard InChI is InChI=1S/C4H4F4O/c5-2(6)3(7)1-4(3,8)9/h2,9H,1H2. The summed E-state index contributed by atoms with van der Waals surface area (Å²) in [5, 5.41) is 8.00. The van der Waals surface area contributed by atoms with E-state index in [9.17, 15) is 17.6 Å². The number of halogens is 4. The highest BCUT2D eigenvalue weighted by Crippen LogP contribution is 2.55. The molecule has 0 radical (unpaired) electrons. The lowest BCUT2D eigenvalue weighted by atomic mass is 10.4. The molecule has 0 aromatic heterocycles. The van der Waals surface area contributed by atoms with Gasteiger partial charge in [-0.1, -0.05) is 0 Å². The van der Waals surface area contributed by atoms with Crippen molar-refractivity contribution in [2.75, 3.05) is 0 Å². The van der Waals surface area contributed by atoms with Gasteiger partial charge in [-0.3, -0.25) is 0 Å². The van der Waals surface area contributed by atoms with Gasteiger partial charge in [0.1, 0.15) is 0 Å². The van der Waals surface area contributed by atoms with Crippen LogP contribution < -0.4 is 0 Å². The molecule has 5 heteroatoms. The zero-order valence-electron chi connectivity index (χ0n) is 4.24. The smallest absolute Gasteiger partial charge is 0.278 e. The van der Waals surface area contributed by atoms with Crippen molar-refractivity contribution >= 4 is 0 Å². The molecule has 0 amide bonds. The van der Waals surface area contributed by atoms with Crippen molar-refractivity contribution in [3.63, 3.8) is 0 Å². The van der Waals surface area contributed by atoms with E-state index in [1.807, 2.05) is 0 Å². The van der Waals surface area contributed by atoms with Crippen molar-refractivity contribution in [3.05, 3.63) is 0 Å². The Hall–Kier alpha value is -0.320. The van der Waals surface area contributed by atoms with E-state index in [1.54, 1.807) is 0 Å². The lowest BCUT2D eigenvalue weighted by Gasteiger charge is -2.03. The Labute approximate surface area is 48.3 Å². The molecule has 0 saturated heterocycles. The van der Waals surface area contributed by atoms with Gasteiger partial charge in [-0.15, -0.1) is 0 Å². The maximum atomic E-state index is 12.0. The van der Waals surface area contributed by atoms with E-state index in [4.69, 9.17) is 5.11 Å². The normalized spacial score (nSPS) is 50.0. The first kappa shape index (κ1) is 6.80. The molecular formula is C4H4F4O. The Bertz CT molecular complexity index is 135. The Morgan fingerprint density at radius 2 is 1.67 bits per heavy atom. The Balaban J connectivity index is 2.63. The Morgan fingerprint density at radius 3 is 1.67 bits per heavy atom. The van der Waals surface area contributed by atoms with Crippen molar-refractivity contribution in [1.82, 2.24) is 0 Å². The molecular weight excluding hydrogens is 140 g/mol. The molecule has 1 N–H and O–H groups in total. The molecule has 0 heterocycles. The summed E-state index contributed by atoms with van der Waals surface area (Å²) in [6.07, 6.45) is -4.55. The number of aliphatic hydroxyl groups is 1. The summed E-state index contributed by atoms with van der Waals surface area (Å²) in [5.74, 6) is -3.29. The van der Waals surface area contributed by atoms with Crippen LogP contribution in [0, 0.1) is 0 Å². The molecule has 1 aliphatic rings. The van der Waals surface area contributed by atoms with Crippen LogP contribution in [0.3, 0.4) is 0 Å². The van der Waals surface area contributed by atoms with Crippen LogP contribution >= 0.6 is 0 Å². The van der Waals surface area contributed by atoms with Crippen molar-refractivity contribution in [3.8, 4) is 0 Å². The van der Waals surface area contributed by atoms with Crippen LogP contribution in [0.25, 0.3) is 0 Å². The largest absolute Gasteiger partial charge is 0.359 e. The molecule has 0 aromatic carbocycles. The third-order valence-corrected chi connectivity index (χ3v) is 1.35. The fourth-order valence-electron chi connectivity index (χ4n) is 0.541. The summed E-state index contributed by atoms with van der Waals surface area (Å²) in [4.78, 5) is 0. The molecule has 0 bridgehead atoms. The van der Waals surface area contributed by atoms with Crippen molar-refractivity contribution in [2.24, 2.45) is 0 Å². The molecule has 1 aliphatic carbocycles. The van der Waals surface area contributed by atoms with E-state index in [0.717, 1.165) is 0 Å². The number of alkyl halides is 4. The minimum atomic E-state index is -3.44. The molecule has 0 aliphatic heterocycles. The topological polar surface area (TPSA) is 20.2 Å². The second kappa shape index (κ2) is 1.39. The maximum Gasteiger partial charge on any atom is 0.278 e. The molecule has 2 unspecified atom stereocenters. The van der Waals surface area contributed by atoms with Crippen molar-refractivity contribution < 1.29 is 22.7 Å². The van der Waals surface area contributed by atoms with E-state index in [1.165, 1.54) is 0 Å². The zero-order chi connectivity index (χ0) is 7.28. The van der Waals surface area contributed by atoms with Gasteiger partial charge in [-0.25, -0.2) is 17.6 Å². The fraction of sp³-hybridized carbons (Fsp3) is 1.00. The van der Waals surface area contributed by atoms with Crippen LogP contribution in [-0.4, -0.2) is 23.1 Å². The molecule has 1 nitrogen and oxygen atoms in total. The quantitative estimate of drug-likeness (QED) is 0.545. The van der Waals surface area contributed by atoms with Gasteiger partial charge in [0.15, 0.2) is 0 Å². The average molecular weight is 144 g/mol. The predicted octanol–water partition coefficient (Wildman–Crippen LogP) is 1.02. The van der Waals surface area contributed by atoms with Gasteiger partial charge in [-0.05, 0) is 0 Å². The van der Waals surface area contributed by atoms with Gasteiger partial charge < -0.3 is 5.11 Å². The summed E-state index contributed by atoms with van der Waals surface area (Å²) >= 11 is 0. The van der Waals surface area contributed by atoms with Crippen LogP contribution in [0.15, 0.2) is 0 Å². The van der Waals surface area contributed by atoms with Crippen LogP contribution in [-0.2, 0) is 0 Å². The molecule has 1 fully saturated rings. The lowest BCUT2D eigenvalue weighted by molar-refractivity contribution is -0.0904. The summed E-state index contributed by atoms with van der Waals surface area (Å²) in [7, 11) is 0. The van der Waals surface area contributed by atoms with Gasteiger partial charge in [0, 0.05) is 0 Å². The molecule has 1 saturated carbocycles. The highest BCUT2D eigenvalue weighted by Gasteiger charge is 2.76. The molecule has 0 aromatic rings. The van der Waals surface area contributed by atoms with Gasteiger partial charge in [0.2, 0.25) is 5.67 Å². The zero-order valence-corrected chi connectivity index (χ0v) is 4.24. The summed E-state index contributed by atoms with van der Waals surface area (Å²) < 4.78 is 46.5. The maximum absolute atomic E-state index is 12.0. The van der Waals surface area contributed by atoms with Crippen molar-refractivity contribution in [2.45, 2.75) is 24.4 Å². The van der Waals surface area contributed by atoms with Gasteiger partial charge >= 0.3 is 0 Å². The van der Waals surface area contributed by atoms with Crippen LogP contribution in [0.2, 0.25) is 0 Å². The van der Waals surface area contributed by atoms with Gasteiger partial charge in [0.05, 0.1) is 6.42 Å². The number of rotatable bonds is 1. The molecule has 2 atom stereocenters. The monoisotopic (exact) mass is 144 g/mol. The SMILES string of the molecule is OC1(F)CC1(F)C(F)F. The summed E-state index contributed by atoms with van der Waals surface area (Å²) in [6, 6.07) is 0. The van der Waals surface area contributed by atoms with E-state index < -0.39 is 24.4 Å². The first-order chi connectivity index (χ1) is 3.90. The summed E-state index contributed by atoms with van der Waals surface area (Å²) in [5.41, 5.74) is -3.30.